The average molecular weight is 455 g/mol. The molecule has 2 aromatic carbocycles. The van der Waals surface area contributed by atoms with E-state index in [9.17, 15) is 14.4 Å². The van der Waals surface area contributed by atoms with Crippen LogP contribution >= 0.6 is 0 Å². The van der Waals surface area contributed by atoms with Crippen molar-refractivity contribution in [3.8, 4) is 5.75 Å². The summed E-state index contributed by atoms with van der Waals surface area (Å²) >= 11 is 0. The van der Waals surface area contributed by atoms with Crippen LogP contribution in [0.15, 0.2) is 51.7 Å². The molecular weight excluding hydrogens is 439 g/mol. The maximum atomic E-state index is 12.1. The van der Waals surface area contributed by atoms with Gasteiger partial charge >= 0.3 is 17.7 Å². The number of anilines is 1. The summed E-state index contributed by atoms with van der Waals surface area (Å²) in [6, 6.07) is 15.0. The number of aryl methyl sites for hydroxylation is 1. The quantitative estimate of drug-likeness (QED) is 0.280. The van der Waals surface area contributed by atoms with Crippen LogP contribution in [0.25, 0.3) is 11.0 Å². The van der Waals surface area contributed by atoms with Gasteiger partial charge in [-0.05, 0) is 5.56 Å². The van der Waals surface area contributed by atoms with Crippen molar-refractivity contribution in [2.75, 3.05) is 5.32 Å². The van der Waals surface area contributed by atoms with Crippen LogP contribution in [0.4, 0.5) is 10.5 Å². The number of rotatable bonds is 4. The van der Waals surface area contributed by atoms with Crippen LogP contribution in [0, 0.1) is 13.0 Å². The van der Waals surface area contributed by atoms with Gasteiger partial charge < -0.3 is 13.9 Å². The number of hydrogen-bond acceptors (Lipinski definition) is 6. The molecule has 0 saturated heterocycles. The third kappa shape index (κ3) is 5.50. The summed E-state index contributed by atoms with van der Waals surface area (Å²) in [7, 11) is 0. The average Bonchev–Trinajstić information content (AvgIpc) is 2.62. The Kier molecular flexibility index (Phi) is 7.48. The normalized spacial score (nSPS) is 10.1. The summed E-state index contributed by atoms with van der Waals surface area (Å²) in [5.74, 6) is -0.323. The van der Waals surface area contributed by atoms with Crippen LogP contribution < -0.4 is 15.7 Å². The van der Waals surface area contributed by atoms with Crippen LogP contribution in [0.3, 0.4) is 0 Å². The Labute approximate surface area is 185 Å². The molecule has 0 atom stereocenters. The first-order valence-electron chi connectivity index (χ1n) is 8.09. The third-order valence-corrected chi connectivity index (χ3v) is 3.63. The first kappa shape index (κ1) is 21.8. The summed E-state index contributed by atoms with van der Waals surface area (Å²) in [6.45, 7) is 3.06. The van der Waals surface area contributed by atoms with E-state index in [4.69, 9.17) is 13.9 Å². The SMILES string of the molecule is CC(=O)Oc1[c-]c2oc(=O)c(NC(=O)OCc3ccccc3)cc2cc1C.[Y]. The minimum absolute atomic E-state index is 0. The Balaban J connectivity index is 0.00000280. The Hall–Kier alpha value is -2.51. The second kappa shape index (κ2) is 9.62. The molecule has 3 rings (SSSR count). The Morgan fingerprint density at radius 1 is 1.18 bits per heavy atom. The molecule has 1 heterocycles. The molecule has 0 saturated carbocycles. The number of carbonyl (C=O) groups is 2. The Bertz CT molecular complexity index is 1060. The fourth-order valence-corrected chi connectivity index (χ4v) is 2.40. The monoisotopic (exact) mass is 455 g/mol. The Morgan fingerprint density at radius 2 is 1.89 bits per heavy atom. The minimum Gasteiger partial charge on any atom is -0.453 e. The molecule has 8 heteroatoms. The van der Waals surface area contributed by atoms with Gasteiger partial charge in [0.1, 0.15) is 12.3 Å². The summed E-state index contributed by atoms with van der Waals surface area (Å²) < 4.78 is 15.3. The fourth-order valence-electron chi connectivity index (χ4n) is 2.40. The largest absolute Gasteiger partial charge is 0.453 e. The molecule has 0 fully saturated rings. The van der Waals surface area contributed by atoms with Crippen LogP contribution in [0.5, 0.6) is 5.75 Å². The van der Waals surface area contributed by atoms with Crippen LogP contribution in [0.2, 0.25) is 0 Å². The van der Waals surface area contributed by atoms with Crippen LogP contribution in [-0.4, -0.2) is 12.1 Å². The summed E-state index contributed by atoms with van der Waals surface area (Å²) in [5, 5.41) is 2.89. The zero-order valence-corrected chi connectivity index (χ0v) is 18.1. The van der Waals surface area contributed by atoms with Gasteiger partial charge in [-0.2, -0.15) is 6.07 Å². The van der Waals surface area contributed by atoms with E-state index in [1.54, 1.807) is 13.0 Å². The summed E-state index contributed by atoms with van der Waals surface area (Å²) in [5.41, 5.74) is 0.734. The van der Waals surface area contributed by atoms with Gasteiger partial charge in [-0.25, -0.2) is 9.59 Å². The van der Waals surface area contributed by atoms with Crippen molar-refractivity contribution < 1.29 is 56.2 Å². The van der Waals surface area contributed by atoms with Crippen LogP contribution in [-0.2, 0) is 48.8 Å². The number of amides is 1. The van der Waals surface area contributed by atoms with Gasteiger partial charge in [0.15, 0.2) is 0 Å². The molecule has 1 radical (unpaired) electrons. The van der Waals surface area contributed by atoms with Crippen molar-refractivity contribution in [1.82, 2.24) is 0 Å². The topological polar surface area (TPSA) is 94.8 Å². The molecule has 0 unspecified atom stereocenters. The number of carbonyl (C=O) groups excluding carboxylic acids is 2. The van der Waals surface area contributed by atoms with Crippen LogP contribution in [0.1, 0.15) is 18.1 Å². The molecule has 7 nitrogen and oxygen atoms in total. The molecule has 0 aliphatic carbocycles. The van der Waals surface area contributed by atoms with Gasteiger partial charge in [-0.15, -0.1) is 5.56 Å². The number of fused-ring (bicyclic) bond motifs is 1. The summed E-state index contributed by atoms with van der Waals surface area (Å²) in [4.78, 5) is 35.1. The zero-order valence-electron chi connectivity index (χ0n) is 15.3. The molecule has 0 spiro atoms. The molecule has 28 heavy (non-hydrogen) atoms. The maximum Gasteiger partial charge on any atom is 0.412 e. The number of nitrogens with one attached hydrogen (secondary N) is 1. The van der Waals surface area contributed by atoms with E-state index in [0.717, 1.165) is 5.56 Å². The molecular formula is C20H16NO6Y-. The molecule has 0 bridgehead atoms. The number of esters is 1. The standard InChI is InChI=1S/C20H16NO6.Y/c1-12-8-15-9-16(19(23)27-18(15)10-17(12)26-13(2)22)21-20(24)25-11-14-6-4-3-5-7-14;/h3-9H,11H2,1-2H3,(H,21,24);/q-1;. The number of ether oxygens (including phenoxy) is 2. The Morgan fingerprint density at radius 3 is 2.57 bits per heavy atom. The zero-order chi connectivity index (χ0) is 19.4. The smallest absolute Gasteiger partial charge is 0.412 e. The van der Waals surface area contributed by atoms with Gasteiger partial charge in [0, 0.05) is 51.0 Å². The predicted octanol–water partition coefficient (Wildman–Crippen LogP) is 3.57. The molecule has 1 aromatic heterocycles. The van der Waals surface area contributed by atoms with E-state index < -0.39 is 17.7 Å². The van der Waals surface area contributed by atoms with E-state index in [2.05, 4.69) is 11.4 Å². The predicted molar refractivity (Wildman–Crippen MR) is 97.6 cm³/mol. The van der Waals surface area contributed by atoms with Crippen molar-refractivity contribution in [2.24, 2.45) is 0 Å². The molecule has 1 N–H and O–H groups in total. The molecule has 141 valence electrons. The van der Waals surface area contributed by atoms with Gasteiger partial charge in [-0.1, -0.05) is 54.8 Å². The van der Waals surface area contributed by atoms with E-state index in [-0.39, 0.29) is 56.3 Å². The van der Waals surface area contributed by atoms with Crippen molar-refractivity contribution in [2.45, 2.75) is 20.5 Å². The van der Waals surface area contributed by atoms with Gasteiger partial charge in [0.2, 0.25) is 0 Å². The first-order valence-corrected chi connectivity index (χ1v) is 8.09. The van der Waals surface area contributed by atoms with Crippen molar-refractivity contribution >= 4 is 28.7 Å². The number of hydrogen-bond donors (Lipinski definition) is 1. The molecule has 3 aromatic rings. The first-order chi connectivity index (χ1) is 12.9. The molecule has 1 amide bonds. The van der Waals surface area contributed by atoms with E-state index in [1.165, 1.54) is 13.0 Å². The third-order valence-electron chi connectivity index (χ3n) is 3.63. The van der Waals surface area contributed by atoms with Gasteiger partial charge in [0.25, 0.3) is 0 Å². The molecule has 0 aliphatic rings. The maximum absolute atomic E-state index is 12.1. The van der Waals surface area contributed by atoms with Gasteiger partial charge in [0.05, 0.1) is 0 Å². The molecule has 0 aliphatic heterocycles. The van der Waals surface area contributed by atoms with Crippen molar-refractivity contribution in [1.29, 1.82) is 0 Å². The van der Waals surface area contributed by atoms with E-state index in [0.29, 0.717) is 10.9 Å². The van der Waals surface area contributed by atoms with E-state index >= 15 is 0 Å². The number of benzene rings is 2. The van der Waals surface area contributed by atoms with E-state index in [1.807, 2.05) is 30.3 Å². The summed E-state index contributed by atoms with van der Waals surface area (Å²) in [6.07, 6.45) is -0.775. The minimum atomic E-state index is -0.775. The second-order valence-corrected chi connectivity index (χ2v) is 5.79. The second-order valence-electron chi connectivity index (χ2n) is 5.79. The van der Waals surface area contributed by atoms with Crippen molar-refractivity contribution in [3.63, 3.8) is 0 Å². The van der Waals surface area contributed by atoms with Gasteiger partial charge in [-0.3, -0.25) is 10.1 Å². The van der Waals surface area contributed by atoms with Crippen molar-refractivity contribution in [3.05, 3.63) is 70.1 Å². The fraction of sp³-hybridized carbons (Fsp3) is 0.150.